The van der Waals surface area contributed by atoms with Crippen molar-refractivity contribution in [1.82, 2.24) is 34.7 Å². The highest BCUT2D eigenvalue weighted by atomic mass is 19.1. The summed E-state index contributed by atoms with van der Waals surface area (Å²) in [4.78, 5) is 47.6. The Morgan fingerprint density at radius 1 is 0.961 bits per heavy atom. The molecule has 14 heteroatoms. The first kappa shape index (κ1) is 34.0. The highest BCUT2D eigenvalue weighted by Crippen LogP contribution is 2.31. The second-order valence-corrected chi connectivity index (χ2v) is 13.4. The van der Waals surface area contributed by atoms with E-state index < -0.39 is 11.6 Å². The van der Waals surface area contributed by atoms with Crippen LogP contribution in [0.15, 0.2) is 60.9 Å². The van der Waals surface area contributed by atoms with Crippen LogP contribution in [-0.4, -0.2) is 74.1 Å². The molecule has 0 unspecified atom stereocenters. The van der Waals surface area contributed by atoms with Gasteiger partial charge in [-0.05, 0) is 82.6 Å². The zero-order valence-corrected chi connectivity index (χ0v) is 29.0. The van der Waals surface area contributed by atoms with E-state index in [1.165, 1.54) is 6.07 Å². The molecule has 0 bridgehead atoms. The van der Waals surface area contributed by atoms with Crippen molar-refractivity contribution in [2.75, 3.05) is 41.8 Å². The molecule has 2 saturated heterocycles. The highest BCUT2D eigenvalue weighted by Gasteiger charge is 2.26. The Bertz CT molecular complexity index is 2090. The number of hydrogen-bond donors (Lipinski definition) is 2. The number of imidazole rings is 1. The fourth-order valence-corrected chi connectivity index (χ4v) is 7.06. The third-order valence-electron chi connectivity index (χ3n) is 9.61. The maximum atomic E-state index is 15.1. The number of nitrogens with one attached hydrogen (secondary N) is 2. The largest absolute Gasteiger partial charge is 0.370 e. The number of piperidine rings is 1. The number of benzene rings is 2. The Labute approximate surface area is 294 Å². The number of carbonyl (C=O) groups is 2. The van der Waals surface area contributed by atoms with Crippen molar-refractivity contribution in [3.05, 3.63) is 83.9 Å². The van der Waals surface area contributed by atoms with Crippen LogP contribution in [0.4, 0.5) is 36.7 Å². The molecule has 5 heterocycles. The minimum Gasteiger partial charge on any atom is -0.370 e. The molecule has 264 valence electrons. The van der Waals surface area contributed by atoms with Crippen molar-refractivity contribution in [1.29, 1.82) is 0 Å². The molecule has 2 aliphatic rings. The van der Waals surface area contributed by atoms with E-state index in [9.17, 15) is 14.0 Å². The van der Waals surface area contributed by atoms with Crippen molar-refractivity contribution in [2.24, 2.45) is 0 Å². The molecule has 2 N–H and O–H groups in total. The second kappa shape index (κ2) is 14.0. The van der Waals surface area contributed by atoms with Crippen LogP contribution in [0.2, 0.25) is 0 Å². The quantitative estimate of drug-likeness (QED) is 0.182. The molecule has 2 fully saturated rings. The van der Waals surface area contributed by atoms with Gasteiger partial charge in [0.25, 0.3) is 0 Å². The summed E-state index contributed by atoms with van der Waals surface area (Å²) in [6.07, 6.45) is 5.11. The lowest BCUT2D eigenvalue weighted by Gasteiger charge is -2.38. The number of anilines is 4. The Hall–Kier alpha value is -5.50. The standard InChI is InChI=1S/C37H40F2N10O2/c1-22(2)49-23(3)42-35-29(38)17-25(18-31(35)49)34-30(39)20-41-36(45-34)43-32-9-8-28(19-40-32)47-13-10-26(11-14-47)46(4)21-24-6-5-7-27(16-24)48-15-12-33(50)44-37(48)51/h5-9,16-20,22,26H,10-15,21H2,1-4H3,(H,44,50,51)(H,40,41,43,45). The monoisotopic (exact) mass is 694 g/mol. The smallest absolute Gasteiger partial charge is 0.328 e. The van der Waals surface area contributed by atoms with E-state index in [1.54, 1.807) is 17.2 Å². The van der Waals surface area contributed by atoms with Crippen molar-refractivity contribution >= 4 is 46.1 Å². The fraction of sp³-hybridized carbons (Fsp3) is 0.351. The lowest BCUT2D eigenvalue weighted by atomic mass is 10.0. The first-order valence-corrected chi connectivity index (χ1v) is 17.1. The minimum absolute atomic E-state index is 0.0216. The number of rotatable bonds is 9. The molecule has 0 saturated carbocycles. The van der Waals surface area contributed by atoms with Crippen LogP contribution in [0.25, 0.3) is 22.3 Å². The Morgan fingerprint density at radius 3 is 2.49 bits per heavy atom. The molecule has 51 heavy (non-hydrogen) atoms. The summed E-state index contributed by atoms with van der Waals surface area (Å²) in [5, 5.41) is 5.44. The number of imide groups is 1. The lowest BCUT2D eigenvalue weighted by molar-refractivity contribution is -0.120. The predicted molar refractivity (Wildman–Crippen MR) is 192 cm³/mol. The first-order valence-electron chi connectivity index (χ1n) is 17.1. The molecule has 0 radical (unpaired) electrons. The van der Waals surface area contributed by atoms with Gasteiger partial charge >= 0.3 is 6.03 Å². The van der Waals surface area contributed by atoms with Crippen LogP contribution < -0.4 is 20.4 Å². The van der Waals surface area contributed by atoms with Gasteiger partial charge in [0, 0.05) is 55.9 Å². The molecular weight excluding hydrogens is 654 g/mol. The Balaban J connectivity index is 0.968. The number of pyridine rings is 1. The Kier molecular flexibility index (Phi) is 9.34. The number of nitrogens with zero attached hydrogens (tertiary/aromatic N) is 8. The van der Waals surface area contributed by atoms with E-state index >= 15 is 4.39 Å². The molecule has 0 spiro atoms. The molecular formula is C37H40F2N10O2. The van der Waals surface area contributed by atoms with E-state index in [1.807, 2.05) is 55.7 Å². The minimum atomic E-state index is -0.664. The van der Waals surface area contributed by atoms with Crippen LogP contribution in [0, 0.1) is 18.6 Å². The summed E-state index contributed by atoms with van der Waals surface area (Å²) >= 11 is 0. The Morgan fingerprint density at radius 2 is 1.76 bits per heavy atom. The van der Waals surface area contributed by atoms with Crippen LogP contribution >= 0.6 is 0 Å². The number of aromatic nitrogens is 5. The summed E-state index contributed by atoms with van der Waals surface area (Å²) in [6.45, 7) is 8.65. The average Bonchev–Trinajstić information content (AvgIpc) is 3.46. The third kappa shape index (κ3) is 7.09. The van der Waals surface area contributed by atoms with Gasteiger partial charge in [0.1, 0.15) is 22.9 Å². The van der Waals surface area contributed by atoms with Crippen molar-refractivity contribution in [2.45, 2.75) is 58.7 Å². The highest BCUT2D eigenvalue weighted by molar-refractivity contribution is 6.05. The van der Waals surface area contributed by atoms with Gasteiger partial charge < -0.3 is 14.8 Å². The molecule has 3 amide bonds. The maximum absolute atomic E-state index is 15.1. The SMILES string of the molecule is Cc1nc2c(F)cc(-c3nc(Nc4ccc(N5CCC(N(C)Cc6cccc(N7CCC(=O)NC7=O)c6)CC5)cn4)ncc3F)cc2n1C(C)C. The normalized spacial score (nSPS) is 15.7. The molecule has 3 aromatic heterocycles. The number of urea groups is 1. The lowest BCUT2D eigenvalue weighted by Crippen LogP contribution is -2.49. The average molecular weight is 695 g/mol. The van der Waals surface area contributed by atoms with Crippen LogP contribution in [0.3, 0.4) is 0 Å². The van der Waals surface area contributed by atoms with E-state index in [0.717, 1.165) is 55.6 Å². The fourth-order valence-electron chi connectivity index (χ4n) is 7.06. The predicted octanol–water partition coefficient (Wildman–Crippen LogP) is 6.35. The summed E-state index contributed by atoms with van der Waals surface area (Å²) in [6, 6.07) is 14.8. The van der Waals surface area contributed by atoms with Gasteiger partial charge in [-0.3, -0.25) is 19.9 Å². The van der Waals surface area contributed by atoms with Crippen LogP contribution in [-0.2, 0) is 11.3 Å². The molecule has 2 aromatic carbocycles. The van der Waals surface area contributed by atoms with E-state index in [4.69, 9.17) is 0 Å². The molecule has 7 rings (SSSR count). The van der Waals surface area contributed by atoms with E-state index in [2.05, 4.69) is 53.5 Å². The van der Waals surface area contributed by atoms with Gasteiger partial charge in [-0.2, -0.15) is 0 Å². The van der Waals surface area contributed by atoms with Gasteiger partial charge in [0.05, 0.1) is 23.6 Å². The number of hydrogen-bond acceptors (Lipinski definition) is 9. The number of amides is 3. The van der Waals surface area contributed by atoms with Gasteiger partial charge in [-0.15, -0.1) is 0 Å². The molecule has 0 atom stereocenters. The summed E-state index contributed by atoms with van der Waals surface area (Å²) in [5.74, 6) is -0.131. The molecule has 5 aromatic rings. The number of carbonyl (C=O) groups excluding carboxylic acids is 2. The van der Waals surface area contributed by atoms with Crippen LogP contribution in [0.5, 0.6) is 0 Å². The van der Waals surface area contributed by atoms with Crippen LogP contribution in [0.1, 0.15) is 50.5 Å². The summed E-state index contributed by atoms with van der Waals surface area (Å²) < 4.78 is 32.0. The zero-order valence-electron chi connectivity index (χ0n) is 29.0. The topological polar surface area (TPSA) is 124 Å². The van der Waals surface area contributed by atoms with Gasteiger partial charge in [0.15, 0.2) is 11.6 Å². The maximum Gasteiger partial charge on any atom is 0.328 e. The number of aryl methyl sites for hydroxylation is 1. The first-order chi connectivity index (χ1) is 24.5. The number of fused-ring (bicyclic) bond motifs is 1. The second-order valence-electron chi connectivity index (χ2n) is 13.4. The van der Waals surface area contributed by atoms with Gasteiger partial charge in [-0.1, -0.05) is 12.1 Å². The van der Waals surface area contributed by atoms with Crippen molar-refractivity contribution in [3.8, 4) is 11.3 Å². The van der Waals surface area contributed by atoms with Gasteiger partial charge in [0.2, 0.25) is 11.9 Å². The van der Waals surface area contributed by atoms with E-state index in [-0.39, 0.29) is 35.1 Å². The molecule has 12 nitrogen and oxygen atoms in total. The third-order valence-corrected chi connectivity index (χ3v) is 9.61. The van der Waals surface area contributed by atoms with Gasteiger partial charge in [-0.25, -0.2) is 33.5 Å². The number of halogens is 2. The summed E-state index contributed by atoms with van der Waals surface area (Å²) in [5.41, 5.74) is 3.98. The van der Waals surface area contributed by atoms with Crippen molar-refractivity contribution < 1.29 is 18.4 Å². The summed E-state index contributed by atoms with van der Waals surface area (Å²) in [7, 11) is 2.13. The van der Waals surface area contributed by atoms with E-state index in [0.29, 0.717) is 41.7 Å². The zero-order chi connectivity index (χ0) is 35.8. The molecule has 2 aliphatic heterocycles. The molecule has 0 aliphatic carbocycles. The van der Waals surface area contributed by atoms with Crippen molar-refractivity contribution in [3.63, 3.8) is 0 Å².